The summed E-state index contributed by atoms with van der Waals surface area (Å²) >= 11 is 0. The largest absolute Gasteiger partial charge is 0.325 e. The number of fused-ring (bicyclic) bond motifs is 1. The van der Waals surface area contributed by atoms with Crippen molar-refractivity contribution in [3.8, 4) is 0 Å². The number of anilines is 1. The van der Waals surface area contributed by atoms with Gasteiger partial charge in [-0.2, -0.15) is 0 Å². The zero-order chi connectivity index (χ0) is 17.5. The summed E-state index contributed by atoms with van der Waals surface area (Å²) in [7, 11) is -3.76. The van der Waals surface area contributed by atoms with Crippen molar-refractivity contribution in [3.63, 3.8) is 0 Å². The van der Waals surface area contributed by atoms with Crippen LogP contribution in [0.15, 0.2) is 47.4 Å². The van der Waals surface area contributed by atoms with E-state index in [-0.39, 0.29) is 22.5 Å². The second-order valence-corrected chi connectivity index (χ2v) is 7.57. The summed E-state index contributed by atoms with van der Waals surface area (Å²) in [6.45, 7) is 3.41. The Balaban J connectivity index is 1.86. The normalized spacial score (nSPS) is 18.1. The number of carbonyl (C=O) groups excluding carboxylic acids is 1. The molecule has 2 aromatic rings. The van der Waals surface area contributed by atoms with Gasteiger partial charge in [-0.3, -0.25) is 4.79 Å². The average Bonchev–Trinajstić information content (AvgIpc) is 2.82. The third-order valence-corrected chi connectivity index (χ3v) is 5.69. The van der Waals surface area contributed by atoms with Gasteiger partial charge in [-0.05, 0) is 55.3 Å². The van der Waals surface area contributed by atoms with Crippen molar-refractivity contribution in [3.05, 3.63) is 59.4 Å². The van der Waals surface area contributed by atoms with Crippen molar-refractivity contribution in [1.82, 2.24) is 4.72 Å². The van der Waals surface area contributed by atoms with Gasteiger partial charge in [0.15, 0.2) is 0 Å². The molecule has 126 valence electrons. The van der Waals surface area contributed by atoms with Gasteiger partial charge in [0.1, 0.15) is 5.82 Å². The van der Waals surface area contributed by atoms with E-state index in [0.717, 1.165) is 0 Å². The Kier molecular flexibility index (Phi) is 4.15. The van der Waals surface area contributed by atoms with Crippen LogP contribution in [-0.2, 0) is 14.8 Å². The molecule has 1 aliphatic rings. The lowest BCUT2D eigenvalue weighted by Gasteiger charge is -2.15. The SMILES string of the molecule is C[C@H](NS(=O)(=O)c1ccc2c(c1)[C@H](C)C(=O)N2)c1ccc(F)cc1. The maximum Gasteiger partial charge on any atom is 0.241 e. The molecule has 2 aromatic carbocycles. The van der Waals surface area contributed by atoms with Crippen LogP contribution in [0.4, 0.5) is 10.1 Å². The van der Waals surface area contributed by atoms with Gasteiger partial charge in [-0.25, -0.2) is 17.5 Å². The van der Waals surface area contributed by atoms with Crippen LogP contribution in [0.25, 0.3) is 0 Å². The summed E-state index contributed by atoms with van der Waals surface area (Å²) < 4.78 is 40.7. The Hall–Kier alpha value is -2.25. The molecule has 3 rings (SSSR count). The summed E-state index contributed by atoms with van der Waals surface area (Å²) in [5.74, 6) is -0.907. The first-order valence-electron chi connectivity index (χ1n) is 7.50. The van der Waals surface area contributed by atoms with Crippen molar-refractivity contribution in [1.29, 1.82) is 0 Å². The lowest BCUT2D eigenvalue weighted by atomic mass is 10.0. The molecule has 2 N–H and O–H groups in total. The number of nitrogens with one attached hydrogen (secondary N) is 2. The second kappa shape index (κ2) is 5.99. The maximum absolute atomic E-state index is 13.0. The number of rotatable bonds is 4. The van der Waals surface area contributed by atoms with Gasteiger partial charge >= 0.3 is 0 Å². The van der Waals surface area contributed by atoms with Crippen molar-refractivity contribution in [2.45, 2.75) is 30.7 Å². The van der Waals surface area contributed by atoms with E-state index in [1.54, 1.807) is 19.9 Å². The minimum Gasteiger partial charge on any atom is -0.325 e. The molecule has 2 atom stereocenters. The second-order valence-electron chi connectivity index (χ2n) is 5.85. The number of hydrogen-bond donors (Lipinski definition) is 2. The van der Waals surface area contributed by atoms with Crippen molar-refractivity contribution < 1.29 is 17.6 Å². The van der Waals surface area contributed by atoms with Gasteiger partial charge in [0, 0.05) is 11.7 Å². The molecule has 0 aliphatic carbocycles. The first kappa shape index (κ1) is 16.6. The average molecular weight is 348 g/mol. The van der Waals surface area contributed by atoms with Crippen molar-refractivity contribution in [2.75, 3.05) is 5.32 Å². The van der Waals surface area contributed by atoms with E-state index in [1.807, 2.05) is 0 Å². The molecule has 0 unspecified atom stereocenters. The van der Waals surface area contributed by atoms with Crippen LogP contribution < -0.4 is 10.0 Å². The molecule has 1 aliphatic heterocycles. The van der Waals surface area contributed by atoms with E-state index < -0.39 is 16.1 Å². The van der Waals surface area contributed by atoms with Crippen LogP contribution in [0.3, 0.4) is 0 Å². The lowest BCUT2D eigenvalue weighted by molar-refractivity contribution is -0.116. The summed E-state index contributed by atoms with van der Waals surface area (Å²) in [5.41, 5.74) is 1.96. The third-order valence-electron chi connectivity index (χ3n) is 4.15. The quantitative estimate of drug-likeness (QED) is 0.892. The van der Waals surface area contributed by atoms with Gasteiger partial charge in [-0.15, -0.1) is 0 Å². The van der Waals surface area contributed by atoms with Gasteiger partial charge in [-0.1, -0.05) is 12.1 Å². The zero-order valence-corrected chi connectivity index (χ0v) is 14.0. The summed E-state index contributed by atoms with van der Waals surface area (Å²) in [6.07, 6.45) is 0. The number of benzene rings is 2. The van der Waals surface area contributed by atoms with Gasteiger partial charge in [0.05, 0.1) is 10.8 Å². The molecule has 0 fully saturated rings. The fourth-order valence-corrected chi connectivity index (χ4v) is 3.95. The molecule has 0 saturated carbocycles. The molecule has 5 nitrogen and oxygen atoms in total. The lowest BCUT2D eigenvalue weighted by Crippen LogP contribution is -2.27. The molecule has 0 aromatic heterocycles. The highest BCUT2D eigenvalue weighted by Gasteiger charge is 2.28. The van der Waals surface area contributed by atoms with Crippen molar-refractivity contribution >= 4 is 21.6 Å². The van der Waals surface area contributed by atoms with E-state index in [2.05, 4.69) is 10.0 Å². The summed E-state index contributed by atoms with van der Waals surface area (Å²) in [6, 6.07) is 9.69. The Morgan fingerprint density at radius 3 is 2.50 bits per heavy atom. The minimum atomic E-state index is -3.76. The predicted octanol–water partition coefficient (Wildman–Crippen LogP) is 2.92. The smallest absolute Gasteiger partial charge is 0.241 e. The number of amides is 1. The molecular weight excluding hydrogens is 331 g/mol. The maximum atomic E-state index is 13.0. The Morgan fingerprint density at radius 1 is 1.17 bits per heavy atom. The first-order chi connectivity index (χ1) is 11.3. The molecule has 24 heavy (non-hydrogen) atoms. The molecule has 0 spiro atoms. The van der Waals surface area contributed by atoms with E-state index >= 15 is 0 Å². The van der Waals surface area contributed by atoms with Crippen LogP contribution >= 0.6 is 0 Å². The van der Waals surface area contributed by atoms with Crippen LogP contribution in [0, 0.1) is 5.82 Å². The van der Waals surface area contributed by atoms with Crippen LogP contribution in [0.2, 0.25) is 0 Å². The zero-order valence-electron chi connectivity index (χ0n) is 13.2. The molecule has 1 heterocycles. The molecule has 0 radical (unpaired) electrons. The number of sulfonamides is 1. The first-order valence-corrected chi connectivity index (χ1v) is 8.99. The minimum absolute atomic E-state index is 0.0959. The number of hydrogen-bond acceptors (Lipinski definition) is 3. The predicted molar refractivity (Wildman–Crippen MR) is 88.6 cm³/mol. The monoisotopic (exact) mass is 348 g/mol. The fourth-order valence-electron chi connectivity index (χ4n) is 2.68. The molecule has 0 saturated heterocycles. The van der Waals surface area contributed by atoms with Crippen molar-refractivity contribution in [2.24, 2.45) is 0 Å². The van der Waals surface area contributed by atoms with Crippen LogP contribution in [-0.4, -0.2) is 14.3 Å². The number of carbonyl (C=O) groups is 1. The van der Waals surface area contributed by atoms with Gasteiger partial charge < -0.3 is 5.32 Å². The summed E-state index contributed by atoms with van der Waals surface area (Å²) in [5, 5.41) is 2.71. The van der Waals surface area contributed by atoms with Crippen LogP contribution in [0.1, 0.15) is 36.9 Å². The summed E-state index contributed by atoms with van der Waals surface area (Å²) in [4.78, 5) is 11.8. The Bertz CT molecular complexity index is 895. The highest BCUT2D eigenvalue weighted by molar-refractivity contribution is 7.89. The number of halogens is 1. The molecule has 0 bridgehead atoms. The molecule has 7 heteroatoms. The topological polar surface area (TPSA) is 75.3 Å². The van der Waals surface area contributed by atoms with Gasteiger partial charge in [0.2, 0.25) is 15.9 Å². The third kappa shape index (κ3) is 3.05. The Labute approximate surface area is 139 Å². The van der Waals surface area contributed by atoms with Gasteiger partial charge in [0.25, 0.3) is 0 Å². The van der Waals surface area contributed by atoms with E-state index in [4.69, 9.17) is 0 Å². The standard InChI is InChI=1S/C17H17FN2O3S/c1-10-15-9-14(7-8-16(15)19-17(10)21)24(22,23)20-11(2)12-3-5-13(18)6-4-12/h3-11,20H,1-2H3,(H,19,21)/t10-,11-/m0/s1. The van der Waals surface area contributed by atoms with Crippen LogP contribution in [0.5, 0.6) is 0 Å². The van der Waals surface area contributed by atoms with E-state index in [0.29, 0.717) is 16.8 Å². The fraction of sp³-hybridized carbons (Fsp3) is 0.235. The van der Waals surface area contributed by atoms with E-state index in [1.165, 1.54) is 36.4 Å². The Morgan fingerprint density at radius 2 is 1.83 bits per heavy atom. The molecule has 1 amide bonds. The molecular formula is C17H17FN2O3S. The highest BCUT2D eigenvalue weighted by Crippen LogP contribution is 2.33. The highest BCUT2D eigenvalue weighted by atomic mass is 32.2. The van der Waals surface area contributed by atoms with E-state index in [9.17, 15) is 17.6 Å².